The van der Waals surface area contributed by atoms with E-state index in [2.05, 4.69) is 14.7 Å². The van der Waals surface area contributed by atoms with E-state index < -0.39 is 38.9 Å². The van der Waals surface area contributed by atoms with E-state index in [0.29, 0.717) is 23.5 Å². The number of carbonyl (C=O) groups excluding carboxylic acids is 1. The molecule has 0 aliphatic carbocycles. The van der Waals surface area contributed by atoms with Crippen molar-refractivity contribution < 1.29 is 26.7 Å². The lowest BCUT2D eigenvalue weighted by molar-refractivity contribution is 0.0595. The number of carbonyl (C=O) groups is 1. The van der Waals surface area contributed by atoms with E-state index in [9.17, 15) is 22.0 Å². The maximum atomic E-state index is 14.1. The molecule has 7 nitrogen and oxygen atoms in total. The highest BCUT2D eigenvalue weighted by atomic mass is 32.2. The number of aromatic nitrogens is 2. The number of sulfonamides is 1. The van der Waals surface area contributed by atoms with Crippen molar-refractivity contribution in [1.82, 2.24) is 9.97 Å². The van der Waals surface area contributed by atoms with Gasteiger partial charge >= 0.3 is 5.97 Å². The summed E-state index contributed by atoms with van der Waals surface area (Å²) in [4.78, 5) is 19.3. The Bertz CT molecular complexity index is 1120. The Balaban J connectivity index is 1.88. The topological polar surface area (TPSA) is 98.2 Å². The minimum atomic E-state index is -4.20. The Morgan fingerprint density at radius 3 is 2.29 bits per heavy atom. The molecule has 1 N–H and O–H groups in total. The fraction of sp³-hybridized carbons (Fsp3) is 0.0556. The normalized spacial score (nSPS) is 11.1. The van der Waals surface area contributed by atoms with Gasteiger partial charge in [0.2, 0.25) is 0 Å². The monoisotopic (exact) mass is 405 g/mol. The summed E-state index contributed by atoms with van der Waals surface area (Å²) in [6.45, 7) is 0. The van der Waals surface area contributed by atoms with Gasteiger partial charge in [-0.05, 0) is 36.4 Å². The van der Waals surface area contributed by atoms with Crippen molar-refractivity contribution in [3.8, 4) is 11.4 Å². The number of halogens is 2. The van der Waals surface area contributed by atoms with E-state index in [4.69, 9.17) is 0 Å². The van der Waals surface area contributed by atoms with Gasteiger partial charge in [0.1, 0.15) is 11.6 Å². The van der Waals surface area contributed by atoms with E-state index in [1.807, 2.05) is 4.72 Å². The van der Waals surface area contributed by atoms with Crippen molar-refractivity contribution >= 4 is 21.7 Å². The fourth-order valence-corrected chi connectivity index (χ4v) is 3.38. The van der Waals surface area contributed by atoms with Gasteiger partial charge in [0.05, 0.1) is 23.3 Å². The molecular weight excluding hydrogens is 392 g/mol. The zero-order valence-electron chi connectivity index (χ0n) is 14.4. The lowest BCUT2D eigenvalue weighted by Crippen LogP contribution is -2.15. The first kappa shape index (κ1) is 19.4. The fourth-order valence-electron chi connectivity index (χ4n) is 2.33. The second-order valence-corrected chi connectivity index (χ2v) is 7.19. The Morgan fingerprint density at radius 2 is 1.68 bits per heavy atom. The molecule has 3 rings (SSSR count). The number of benzene rings is 2. The zero-order valence-corrected chi connectivity index (χ0v) is 15.2. The van der Waals surface area contributed by atoms with Crippen molar-refractivity contribution in [3.63, 3.8) is 0 Å². The highest BCUT2D eigenvalue weighted by Crippen LogP contribution is 2.24. The van der Waals surface area contributed by atoms with Crippen LogP contribution in [0.5, 0.6) is 0 Å². The van der Waals surface area contributed by atoms with Crippen LogP contribution in [0.25, 0.3) is 11.4 Å². The molecule has 0 amide bonds. The van der Waals surface area contributed by atoms with Gasteiger partial charge in [-0.1, -0.05) is 0 Å². The minimum Gasteiger partial charge on any atom is -0.465 e. The molecule has 28 heavy (non-hydrogen) atoms. The molecule has 0 aliphatic heterocycles. The first-order valence-corrected chi connectivity index (χ1v) is 9.28. The smallest absolute Gasteiger partial charge is 0.340 e. The summed E-state index contributed by atoms with van der Waals surface area (Å²) >= 11 is 0. The van der Waals surface area contributed by atoms with Crippen LogP contribution in [0.2, 0.25) is 0 Å². The van der Waals surface area contributed by atoms with Crippen LogP contribution in [0.4, 0.5) is 14.5 Å². The molecule has 0 saturated carbocycles. The van der Waals surface area contributed by atoms with Crippen LogP contribution in [-0.4, -0.2) is 31.5 Å². The van der Waals surface area contributed by atoms with Crippen molar-refractivity contribution in [2.24, 2.45) is 0 Å². The molecule has 0 radical (unpaired) electrons. The second-order valence-electron chi connectivity index (χ2n) is 5.51. The molecule has 144 valence electrons. The summed E-state index contributed by atoms with van der Waals surface area (Å²) in [5.74, 6) is -2.92. The van der Waals surface area contributed by atoms with Gasteiger partial charge in [-0.3, -0.25) is 4.72 Å². The van der Waals surface area contributed by atoms with Gasteiger partial charge < -0.3 is 4.74 Å². The number of rotatable bonds is 5. The first-order chi connectivity index (χ1) is 13.3. The molecule has 2 aromatic carbocycles. The molecule has 3 aromatic rings. The van der Waals surface area contributed by atoms with Crippen molar-refractivity contribution in [2.45, 2.75) is 4.90 Å². The predicted octanol–water partition coefficient (Wildman–Crippen LogP) is 3.01. The SMILES string of the molecule is COC(=O)c1cc(F)c(NS(=O)(=O)c2ccc(-c3ncccn3)cc2)cc1F. The van der Waals surface area contributed by atoms with Crippen LogP contribution < -0.4 is 4.72 Å². The number of ether oxygens (including phenoxy) is 1. The number of esters is 1. The molecule has 10 heteroatoms. The lowest BCUT2D eigenvalue weighted by atomic mass is 10.2. The van der Waals surface area contributed by atoms with Crippen LogP contribution in [0.1, 0.15) is 10.4 Å². The molecule has 0 bridgehead atoms. The molecule has 0 saturated heterocycles. The summed E-state index contributed by atoms with van der Waals surface area (Å²) < 4.78 is 59.3. The molecule has 1 aromatic heterocycles. The van der Waals surface area contributed by atoms with Gasteiger partial charge in [-0.2, -0.15) is 0 Å². The number of methoxy groups -OCH3 is 1. The van der Waals surface area contributed by atoms with Crippen LogP contribution in [0.15, 0.2) is 59.8 Å². The highest BCUT2D eigenvalue weighted by Gasteiger charge is 2.21. The van der Waals surface area contributed by atoms with Gasteiger partial charge in [0.15, 0.2) is 5.82 Å². The molecule has 0 spiro atoms. The number of nitrogens with one attached hydrogen (secondary N) is 1. The third kappa shape index (κ3) is 3.96. The third-order valence-corrected chi connectivity index (χ3v) is 5.08. The van der Waals surface area contributed by atoms with E-state index in [0.717, 1.165) is 7.11 Å². The largest absolute Gasteiger partial charge is 0.465 e. The number of hydrogen-bond donors (Lipinski definition) is 1. The van der Waals surface area contributed by atoms with E-state index >= 15 is 0 Å². The summed E-state index contributed by atoms with van der Waals surface area (Å²) in [5.41, 5.74) is -0.699. The number of nitrogens with zero attached hydrogens (tertiary/aromatic N) is 2. The second kappa shape index (κ2) is 7.69. The molecule has 0 fully saturated rings. The highest BCUT2D eigenvalue weighted by molar-refractivity contribution is 7.92. The van der Waals surface area contributed by atoms with Crippen LogP contribution in [0.3, 0.4) is 0 Å². The van der Waals surface area contributed by atoms with Gasteiger partial charge in [0.25, 0.3) is 10.0 Å². The minimum absolute atomic E-state index is 0.177. The Kier molecular flexibility index (Phi) is 5.32. The summed E-state index contributed by atoms with van der Waals surface area (Å²) in [5, 5.41) is 0. The molecular formula is C18H13F2N3O4S. The van der Waals surface area contributed by atoms with Gasteiger partial charge in [0, 0.05) is 24.0 Å². The van der Waals surface area contributed by atoms with E-state index in [1.54, 1.807) is 18.5 Å². The predicted molar refractivity (Wildman–Crippen MR) is 96.0 cm³/mol. The molecule has 0 aliphatic rings. The third-order valence-electron chi connectivity index (χ3n) is 3.69. The van der Waals surface area contributed by atoms with Gasteiger partial charge in [-0.25, -0.2) is 32.0 Å². The molecule has 1 heterocycles. The molecule has 0 atom stereocenters. The standard InChI is InChI=1S/C18H13F2N3O4S/c1-27-18(24)13-9-15(20)16(10-14(13)19)23-28(25,26)12-5-3-11(4-6-12)17-21-7-2-8-22-17/h2-10,23H,1H3. The number of hydrogen-bond acceptors (Lipinski definition) is 6. The average Bonchev–Trinajstić information content (AvgIpc) is 2.70. The summed E-state index contributed by atoms with van der Waals surface area (Å²) in [7, 11) is -3.19. The average molecular weight is 405 g/mol. The van der Waals surface area contributed by atoms with Crippen molar-refractivity contribution in [3.05, 3.63) is 72.1 Å². The van der Waals surface area contributed by atoms with E-state index in [1.165, 1.54) is 24.3 Å². The first-order valence-electron chi connectivity index (χ1n) is 7.79. The number of anilines is 1. The van der Waals surface area contributed by atoms with Crippen molar-refractivity contribution in [1.29, 1.82) is 0 Å². The lowest BCUT2D eigenvalue weighted by Gasteiger charge is -2.11. The Hall–Kier alpha value is -3.40. The van der Waals surface area contributed by atoms with Crippen LogP contribution in [0, 0.1) is 11.6 Å². The summed E-state index contributed by atoms with van der Waals surface area (Å²) in [6.07, 6.45) is 3.09. The van der Waals surface area contributed by atoms with Crippen LogP contribution in [-0.2, 0) is 14.8 Å². The Morgan fingerprint density at radius 1 is 1.04 bits per heavy atom. The maximum Gasteiger partial charge on any atom is 0.340 e. The van der Waals surface area contributed by atoms with E-state index in [-0.39, 0.29) is 4.90 Å². The quantitative estimate of drug-likeness (QED) is 0.656. The summed E-state index contributed by atoms with van der Waals surface area (Å²) in [6, 6.07) is 8.32. The maximum absolute atomic E-state index is 14.1. The van der Waals surface area contributed by atoms with Crippen molar-refractivity contribution in [2.75, 3.05) is 11.8 Å². The zero-order chi connectivity index (χ0) is 20.3. The Labute approximate surface area is 159 Å². The van der Waals surface area contributed by atoms with Crippen LogP contribution >= 0.6 is 0 Å². The van der Waals surface area contributed by atoms with Gasteiger partial charge in [-0.15, -0.1) is 0 Å². The molecule has 0 unspecified atom stereocenters.